The molecule has 0 unspecified atom stereocenters. The van der Waals surface area contributed by atoms with Gasteiger partial charge >= 0.3 is 0 Å². The highest BCUT2D eigenvalue weighted by Crippen LogP contribution is 2.29. The molecular weight excluding hydrogens is 319 g/mol. The van der Waals surface area contributed by atoms with E-state index in [2.05, 4.69) is 5.32 Å². The highest BCUT2D eigenvalue weighted by Gasteiger charge is 2.19. The molecule has 0 aliphatic heterocycles. The first-order valence-corrected chi connectivity index (χ1v) is 7.23. The summed E-state index contributed by atoms with van der Waals surface area (Å²) < 4.78 is 0. The Kier molecular flexibility index (Phi) is 4.77. The fraction of sp³-hybridized carbons (Fsp3) is 0.0769. The Labute approximate surface area is 129 Å². The van der Waals surface area contributed by atoms with Crippen LogP contribution in [0.15, 0.2) is 29.6 Å². The summed E-state index contributed by atoms with van der Waals surface area (Å²) in [5, 5.41) is 5.05. The summed E-state index contributed by atoms with van der Waals surface area (Å²) in [6, 6.07) is 6.28. The lowest BCUT2D eigenvalue weighted by atomic mass is 10.1. The van der Waals surface area contributed by atoms with Crippen LogP contribution in [0.5, 0.6) is 0 Å². The average molecular weight is 329 g/mol. The minimum atomic E-state index is -0.390. The molecule has 1 heterocycles. The Morgan fingerprint density at radius 2 is 2.00 bits per heavy atom. The van der Waals surface area contributed by atoms with Crippen LogP contribution in [0, 0.1) is 0 Å². The Hall–Kier alpha value is -1.40. The number of hydrogen-bond acceptors (Lipinski definition) is 4. The third-order valence-corrected chi connectivity index (χ3v) is 4.08. The first-order chi connectivity index (χ1) is 9.52. The number of rotatable bonds is 4. The van der Waals surface area contributed by atoms with Gasteiger partial charge in [-0.1, -0.05) is 23.2 Å². The minimum Gasteiger partial charge on any atom is -0.324 e. The molecule has 2 rings (SSSR count). The van der Waals surface area contributed by atoms with Crippen molar-refractivity contribution in [3.8, 4) is 0 Å². The molecule has 0 fully saturated rings. The summed E-state index contributed by atoms with van der Waals surface area (Å²) in [4.78, 5) is 24.2. The molecule has 20 heavy (non-hydrogen) atoms. The highest BCUT2D eigenvalue weighted by atomic mass is 35.5. The molecular formula is C13H10Cl2N2O2S. The number of carbonyl (C=O) groups is 2. The van der Waals surface area contributed by atoms with E-state index < -0.39 is 5.91 Å². The first-order valence-electron chi connectivity index (χ1n) is 5.60. The van der Waals surface area contributed by atoms with E-state index >= 15 is 0 Å². The maximum Gasteiger partial charge on any atom is 0.238 e. The van der Waals surface area contributed by atoms with E-state index in [0.717, 1.165) is 0 Å². The SMILES string of the molecule is NCC(=O)Nc1ccc(Cl)cc1C(=O)c1sccc1Cl. The quantitative estimate of drug-likeness (QED) is 0.846. The fourth-order valence-corrected chi connectivity index (χ4v) is 2.86. The van der Waals surface area contributed by atoms with Gasteiger partial charge in [0.2, 0.25) is 11.7 Å². The molecule has 0 aliphatic carbocycles. The van der Waals surface area contributed by atoms with Gasteiger partial charge in [0.05, 0.1) is 22.1 Å². The molecule has 0 atom stereocenters. The summed E-state index contributed by atoms with van der Waals surface area (Å²) in [7, 11) is 0. The Morgan fingerprint density at radius 3 is 2.60 bits per heavy atom. The van der Waals surface area contributed by atoms with E-state index in [1.165, 1.54) is 17.4 Å². The maximum atomic E-state index is 12.5. The van der Waals surface area contributed by atoms with Gasteiger partial charge in [-0.05, 0) is 29.6 Å². The molecule has 104 valence electrons. The van der Waals surface area contributed by atoms with Crippen molar-refractivity contribution in [3.63, 3.8) is 0 Å². The van der Waals surface area contributed by atoms with Crippen LogP contribution in [0.1, 0.15) is 15.2 Å². The van der Waals surface area contributed by atoms with Gasteiger partial charge in [0.25, 0.3) is 0 Å². The summed E-state index contributed by atoms with van der Waals surface area (Å²) >= 11 is 13.1. The number of hydrogen-bond donors (Lipinski definition) is 2. The number of carbonyl (C=O) groups excluding carboxylic acids is 2. The van der Waals surface area contributed by atoms with E-state index in [9.17, 15) is 9.59 Å². The molecule has 0 aliphatic rings. The van der Waals surface area contributed by atoms with E-state index in [1.54, 1.807) is 23.6 Å². The molecule has 0 bridgehead atoms. The zero-order valence-corrected chi connectivity index (χ0v) is 12.5. The minimum absolute atomic E-state index is 0.171. The van der Waals surface area contributed by atoms with Crippen molar-refractivity contribution < 1.29 is 9.59 Å². The third-order valence-electron chi connectivity index (χ3n) is 2.51. The van der Waals surface area contributed by atoms with Gasteiger partial charge in [0.15, 0.2) is 0 Å². The Bertz CT molecular complexity index is 670. The van der Waals surface area contributed by atoms with Crippen molar-refractivity contribution in [2.45, 2.75) is 0 Å². The van der Waals surface area contributed by atoms with Gasteiger partial charge in [-0.25, -0.2) is 0 Å². The molecule has 0 spiro atoms. The Balaban J connectivity index is 2.44. The van der Waals surface area contributed by atoms with Crippen LogP contribution in [0.25, 0.3) is 0 Å². The number of benzene rings is 1. The van der Waals surface area contributed by atoms with E-state index in [0.29, 0.717) is 20.6 Å². The lowest BCUT2D eigenvalue weighted by molar-refractivity contribution is -0.114. The van der Waals surface area contributed by atoms with Crippen molar-refractivity contribution in [3.05, 3.63) is 50.1 Å². The van der Waals surface area contributed by atoms with Gasteiger partial charge in [-0.3, -0.25) is 9.59 Å². The monoisotopic (exact) mass is 328 g/mol. The summed E-state index contributed by atoms with van der Waals surface area (Å²) in [5.74, 6) is -0.682. The predicted octanol–water partition coefficient (Wildman–Crippen LogP) is 3.18. The summed E-state index contributed by atoms with van der Waals surface area (Å²) in [6.45, 7) is -0.171. The lowest BCUT2D eigenvalue weighted by Gasteiger charge is -2.10. The number of amides is 1. The van der Waals surface area contributed by atoms with Crippen LogP contribution in [0.4, 0.5) is 5.69 Å². The lowest BCUT2D eigenvalue weighted by Crippen LogP contribution is -2.23. The zero-order chi connectivity index (χ0) is 14.7. The van der Waals surface area contributed by atoms with Gasteiger partial charge in [-0.15, -0.1) is 11.3 Å². The zero-order valence-electron chi connectivity index (χ0n) is 10.2. The average Bonchev–Trinajstić information content (AvgIpc) is 2.86. The van der Waals surface area contributed by atoms with Crippen molar-refractivity contribution in [1.82, 2.24) is 0 Å². The molecule has 2 aromatic rings. The van der Waals surface area contributed by atoms with Gasteiger partial charge in [0.1, 0.15) is 0 Å². The second-order valence-electron chi connectivity index (χ2n) is 3.87. The number of nitrogens with two attached hydrogens (primary N) is 1. The second kappa shape index (κ2) is 6.37. The standard InChI is InChI=1S/C13H10Cl2N2O2S/c14-7-1-2-10(17-11(18)6-16)8(5-7)12(19)13-9(15)3-4-20-13/h1-5H,6,16H2,(H,17,18). The van der Waals surface area contributed by atoms with Crippen LogP contribution in [-0.4, -0.2) is 18.2 Å². The number of anilines is 1. The number of ketones is 1. The van der Waals surface area contributed by atoms with Crippen LogP contribution >= 0.6 is 34.5 Å². The molecule has 1 amide bonds. The smallest absolute Gasteiger partial charge is 0.238 e. The van der Waals surface area contributed by atoms with Crippen LogP contribution in [0.3, 0.4) is 0 Å². The van der Waals surface area contributed by atoms with E-state index in [1.807, 2.05) is 0 Å². The maximum absolute atomic E-state index is 12.5. The molecule has 0 saturated heterocycles. The molecule has 0 radical (unpaired) electrons. The summed E-state index contributed by atoms with van der Waals surface area (Å²) in [6.07, 6.45) is 0. The largest absolute Gasteiger partial charge is 0.324 e. The van der Waals surface area contributed by atoms with E-state index in [-0.39, 0.29) is 17.9 Å². The van der Waals surface area contributed by atoms with Gasteiger partial charge < -0.3 is 11.1 Å². The topological polar surface area (TPSA) is 72.2 Å². The number of nitrogens with one attached hydrogen (secondary N) is 1. The van der Waals surface area contributed by atoms with Crippen LogP contribution < -0.4 is 11.1 Å². The van der Waals surface area contributed by atoms with Gasteiger partial charge in [0, 0.05) is 10.6 Å². The van der Waals surface area contributed by atoms with Gasteiger partial charge in [-0.2, -0.15) is 0 Å². The highest BCUT2D eigenvalue weighted by molar-refractivity contribution is 7.13. The van der Waals surface area contributed by atoms with Crippen LogP contribution in [0.2, 0.25) is 10.0 Å². The molecule has 1 aromatic heterocycles. The normalized spacial score (nSPS) is 10.3. The molecule has 4 nitrogen and oxygen atoms in total. The molecule has 1 aromatic carbocycles. The van der Waals surface area contributed by atoms with Crippen molar-refractivity contribution in [2.24, 2.45) is 5.73 Å². The van der Waals surface area contributed by atoms with Crippen LogP contribution in [-0.2, 0) is 4.79 Å². The van der Waals surface area contributed by atoms with E-state index in [4.69, 9.17) is 28.9 Å². The Morgan fingerprint density at radius 1 is 1.25 bits per heavy atom. The second-order valence-corrected chi connectivity index (χ2v) is 5.63. The fourth-order valence-electron chi connectivity index (χ4n) is 1.59. The third kappa shape index (κ3) is 3.19. The van der Waals surface area contributed by atoms with Crippen molar-refractivity contribution >= 4 is 51.9 Å². The molecule has 3 N–H and O–H groups in total. The predicted molar refractivity (Wildman–Crippen MR) is 81.9 cm³/mol. The number of halogens is 2. The summed E-state index contributed by atoms with van der Waals surface area (Å²) in [5.41, 5.74) is 5.89. The van der Waals surface area contributed by atoms with Crippen molar-refractivity contribution in [2.75, 3.05) is 11.9 Å². The van der Waals surface area contributed by atoms with Crippen molar-refractivity contribution in [1.29, 1.82) is 0 Å². The first kappa shape index (κ1) is 15.0. The molecule has 7 heteroatoms. The number of thiophene rings is 1. The molecule has 0 saturated carbocycles.